The molecular formula is C18H23N3O5. The number of nitrogen functional groups attached to an aromatic ring is 1. The van der Waals surface area contributed by atoms with Crippen LogP contribution in [0.1, 0.15) is 26.7 Å². The zero-order valence-corrected chi connectivity index (χ0v) is 14.9. The zero-order valence-electron chi connectivity index (χ0n) is 14.9. The van der Waals surface area contributed by atoms with Crippen LogP contribution in [0, 0.1) is 5.92 Å². The van der Waals surface area contributed by atoms with Crippen molar-refractivity contribution in [3.8, 4) is 0 Å². The average Bonchev–Trinajstić information content (AvgIpc) is 2.63. The van der Waals surface area contributed by atoms with Gasteiger partial charge < -0.3 is 15.4 Å². The fourth-order valence-electron chi connectivity index (χ4n) is 2.91. The Morgan fingerprint density at radius 3 is 2.46 bits per heavy atom. The number of likely N-dealkylation sites (tertiary alicyclic amines) is 1. The third kappa shape index (κ3) is 4.38. The maximum atomic E-state index is 12.6. The number of esters is 1. The van der Waals surface area contributed by atoms with E-state index in [0.29, 0.717) is 25.1 Å². The third-order valence-corrected chi connectivity index (χ3v) is 4.18. The lowest BCUT2D eigenvalue weighted by Crippen LogP contribution is -2.51. The Morgan fingerprint density at radius 1 is 1.23 bits per heavy atom. The summed E-state index contributed by atoms with van der Waals surface area (Å²) in [6, 6.07) is 6.08. The molecule has 8 nitrogen and oxygen atoms in total. The molecule has 140 valence electrons. The molecule has 1 atom stereocenters. The number of carbonyl (C=O) groups excluding carboxylic acids is 4. The lowest BCUT2D eigenvalue weighted by Gasteiger charge is -2.32. The van der Waals surface area contributed by atoms with Crippen molar-refractivity contribution in [2.75, 3.05) is 30.3 Å². The Morgan fingerprint density at radius 2 is 1.88 bits per heavy atom. The molecule has 26 heavy (non-hydrogen) atoms. The minimum Gasteiger partial charge on any atom is -0.466 e. The highest BCUT2D eigenvalue weighted by atomic mass is 16.5. The molecule has 0 spiro atoms. The molecule has 1 unspecified atom stereocenters. The van der Waals surface area contributed by atoms with Gasteiger partial charge in [0.2, 0.25) is 5.91 Å². The normalized spacial score (nSPS) is 16.7. The van der Waals surface area contributed by atoms with E-state index in [0.717, 1.165) is 4.90 Å². The molecular weight excluding hydrogens is 338 g/mol. The van der Waals surface area contributed by atoms with E-state index in [9.17, 15) is 19.2 Å². The molecule has 1 aliphatic rings. The SMILES string of the molecule is CCOC(=O)C1CCCN(C(=O)C(=O)N(C(C)=O)c2ccc(N)cc2)C1. The maximum absolute atomic E-state index is 12.6. The van der Waals surface area contributed by atoms with Crippen molar-refractivity contribution in [1.82, 2.24) is 4.90 Å². The van der Waals surface area contributed by atoms with Crippen molar-refractivity contribution < 1.29 is 23.9 Å². The number of carbonyl (C=O) groups is 4. The van der Waals surface area contributed by atoms with Crippen molar-refractivity contribution in [1.29, 1.82) is 0 Å². The number of hydrogen-bond donors (Lipinski definition) is 1. The minimum absolute atomic E-state index is 0.108. The number of nitrogens with two attached hydrogens (primary N) is 1. The molecule has 1 aromatic rings. The number of benzene rings is 1. The van der Waals surface area contributed by atoms with Gasteiger partial charge >= 0.3 is 17.8 Å². The smallest absolute Gasteiger partial charge is 0.323 e. The number of anilines is 2. The number of amides is 3. The summed E-state index contributed by atoms with van der Waals surface area (Å²) in [5.74, 6) is -3.17. The Labute approximate surface area is 151 Å². The Hall–Kier alpha value is -2.90. The number of imide groups is 1. The molecule has 0 aliphatic carbocycles. The first-order valence-corrected chi connectivity index (χ1v) is 8.51. The van der Waals surface area contributed by atoms with Gasteiger partial charge in [-0.25, -0.2) is 4.90 Å². The maximum Gasteiger partial charge on any atom is 0.323 e. The molecule has 1 heterocycles. The van der Waals surface area contributed by atoms with Crippen molar-refractivity contribution in [3.05, 3.63) is 24.3 Å². The van der Waals surface area contributed by atoms with Crippen LogP contribution in [0.3, 0.4) is 0 Å². The number of rotatable bonds is 3. The van der Waals surface area contributed by atoms with Crippen LogP contribution in [0.5, 0.6) is 0 Å². The van der Waals surface area contributed by atoms with E-state index < -0.39 is 23.6 Å². The Kier molecular flexibility index (Phi) is 6.32. The monoisotopic (exact) mass is 361 g/mol. The number of ether oxygens (including phenoxy) is 1. The molecule has 1 aromatic carbocycles. The van der Waals surface area contributed by atoms with Crippen molar-refractivity contribution in [3.63, 3.8) is 0 Å². The van der Waals surface area contributed by atoms with E-state index in [-0.39, 0.29) is 24.8 Å². The summed E-state index contributed by atoms with van der Waals surface area (Å²) in [6.45, 7) is 3.64. The molecule has 0 aromatic heterocycles. The largest absolute Gasteiger partial charge is 0.466 e. The van der Waals surface area contributed by atoms with Crippen LogP contribution in [-0.4, -0.2) is 48.3 Å². The van der Waals surface area contributed by atoms with Gasteiger partial charge in [-0.1, -0.05) is 0 Å². The summed E-state index contributed by atoms with van der Waals surface area (Å²) in [6.07, 6.45) is 1.19. The quantitative estimate of drug-likeness (QED) is 0.488. The second-order valence-corrected chi connectivity index (χ2v) is 6.09. The van der Waals surface area contributed by atoms with Crippen LogP contribution in [0.15, 0.2) is 24.3 Å². The van der Waals surface area contributed by atoms with Crippen molar-refractivity contribution >= 4 is 35.1 Å². The molecule has 0 saturated carbocycles. The van der Waals surface area contributed by atoms with Gasteiger partial charge in [0.15, 0.2) is 0 Å². The highest BCUT2D eigenvalue weighted by Gasteiger charge is 2.35. The second kappa shape index (κ2) is 8.46. The fraction of sp³-hybridized carbons (Fsp3) is 0.444. The summed E-state index contributed by atoms with van der Waals surface area (Å²) < 4.78 is 5.00. The molecule has 1 fully saturated rings. The standard InChI is InChI=1S/C18H23N3O5/c1-3-26-18(25)13-5-4-10-20(11-13)16(23)17(24)21(12(2)22)15-8-6-14(19)7-9-15/h6-9,13H,3-5,10-11,19H2,1-2H3. The van der Waals surface area contributed by atoms with Gasteiger partial charge in [0.25, 0.3) is 0 Å². The first-order chi connectivity index (χ1) is 12.3. The summed E-state index contributed by atoms with van der Waals surface area (Å²) in [5.41, 5.74) is 6.36. The lowest BCUT2D eigenvalue weighted by atomic mass is 9.98. The molecule has 2 rings (SSSR count). The molecule has 1 saturated heterocycles. The van der Waals surface area contributed by atoms with E-state index in [1.165, 1.54) is 24.0 Å². The second-order valence-electron chi connectivity index (χ2n) is 6.09. The Balaban J connectivity index is 2.15. The Bertz CT molecular complexity index is 701. The van der Waals surface area contributed by atoms with E-state index >= 15 is 0 Å². The molecule has 2 N–H and O–H groups in total. The predicted octanol–water partition coefficient (Wildman–Crippen LogP) is 0.950. The third-order valence-electron chi connectivity index (χ3n) is 4.18. The lowest BCUT2D eigenvalue weighted by molar-refractivity contribution is -0.153. The highest BCUT2D eigenvalue weighted by Crippen LogP contribution is 2.21. The van der Waals surface area contributed by atoms with Gasteiger partial charge in [-0.05, 0) is 44.0 Å². The average molecular weight is 361 g/mol. The van der Waals surface area contributed by atoms with Crippen LogP contribution in [0.4, 0.5) is 11.4 Å². The highest BCUT2D eigenvalue weighted by molar-refractivity contribution is 6.45. The summed E-state index contributed by atoms with van der Waals surface area (Å²) in [5, 5.41) is 0. The number of hydrogen-bond acceptors (Lipinski definition) is 6. The van der Waals surface area contributed by atoms with Crippen LogP contribution >= 0.6 is 0 Å². The van der Waals surface area contributed by atoms with E-state index in [1.807, 2.05) is 0 Å². The van der Waals surface area contributed by atoms with Gasteiger partial charge in [-0.15, -0.1) is 0 Å². The van der Waals surface area contributed by atoms with E-state index in [4.69, 9.17) is 10.5 Å². The first kappa shape index (κ1) is 19.4. The number of nitrogens with zero attached hydrogens (tertiary/aromatic N) is 2. The van der Waals surface area contributed by atoms with Crippen LogP contribution in [0.2, 0.25) is 0 Å². The molecule has 0 radical (unpaired) electrons. The van der Waals surface area contributed by atoms with Gasteiger partial charge in [-0.2, -0.15) is 0 Å². The van der Waals surface area contributed by atoms with Crippen LogP contribution in [-0.2, 0) is 23.9 Å². The van der Waals surface area contributed by atoms with E-state index in [1.54, 1.807) is 19.1 Å². The van der Waals surface area contributed by atoms with Gasteiger partial charge in [0.05, 0.1) is 18.2 Å². The van der Waals surface area contributed by atoms with Gasteiger partial charge in [0, 0.05) is 25.7 Å². The van der Waals surface area contributed by atoms with Crippen LogP contribution < -0.4 is 10.6 Å². The molecule has 3 amide bonds. The molecule has 8 heteroatoms. The van der Waals surface area contributed by atoms with Gasteiger partial charge in [-0.3, -0.25) is 19.2 Å². The summed E-state index contributed by atoms with van der Waals surface area (Å²) in [7, 11) is 0. The predicted molar refractivity (Wildman–Crippen MR) is 95.0 cm³/mol. The molecule has 1 aliphatic heterocycles. The summed E-state index contributed by atoms with van der Waals surface area (Å²) >= 11 is 0. The molecule has 0 bridgehead atoms. The topological polar surface area (TPSA) is 110 Å². The van der Waals surface area contributed by atoms with Crippen LogP contribution in [0.25, 0.3) is 0 Å². The van der Waals surface area contributed by atoms with E-state index in [2.05, 4.69) is 0 Å². The fourth-order valence-corrected chi connectivity index (χ4v) is 2.91. The first-order valence-electron chi connectivity index (χ1n) is 8.51. The van der Waals surface area contributed by atoms with Crippen molar-refractivity contribution in [2.24, 2.45) is 5.92 Å². The van der Waals surface area contributed by atoms with Gasteiger partial charge in [0.1, 0.15) is 0 Å². The van der Waals surface area contributed by atoms with Crippen molar-refractivity contribution in [2.45, 2.75) is 26.7 Å². The number of piperidine rings is 1. The zero-order chi connectivity index (χ0) is 19.3. The summed E-state index contributed by atoms with van der Waals surface area (Å²) in [4.78, 5) is 51.2. The minimum atomic E-state index is -0.952.